The van der Waals surface area contributed by atoms with Crippen LogP contribution in [0.5, 0.6) is 0 Å². The van der Waals surface area contributed by atoms with E-state index >= 15 is 0 Å². The van der Waals surface area contributed by atoms with Gasteiger partial charge in [-0.1, -0.05) is 338 Å². The van der Waals surface area contributed by atoms with Gasteiger partial charge in [0.2, 0.25) is 0 Å². The smallest absolute Gasteiger partial charge is 0.306 e. The van der Waals surface area contributed by atoms with Crippen LogP contribution in [-0.2, 0) is 28.6 Å². The van der Waals surface area contributed by atoms with Gasteiger partial charge >= 0.3 is 17.9 Å². The summed E-state index contributed by atoms with van der Waals surface area (Å²) in [6, 6.07) is 0. The van der Waals surface area contributed by atoms with Crippen LogP contribution in [0.15, 0.2) is 72.9 Å². The molecule has 1 unspecified atom stereocenters. The molecule has 0 aromatic rings. The highest BCUT2D eigenvalue weighted by Crippen LogP contribution is 2.18. The van der Waals surface area contributed by atoms with Crippen LogP contribution in [-0.4, -0.2) is 37.2 Å². The predicted octanol–water partition coefficient (Wildman–Crippen LogP) is 24.8. The number of carbonyl (C=O) groups excluding carboxylic acids is 3. The summed E-state index contributed by atoms with van der Waals surface area (Å²) in [7, 11) is 0. The Kier molecular flexibility index (Phi) is 67.6. The Hall–Kier alpha value is -3.15. The van der Waals surface area contributed by atoms with Gasteiger partial charge < -0.3 is 14.2 Å². The fourth-order valence-corrected chi connectivity index (χ4v) is 10.6. The number of hydrogen-bond donors (Lipinski definition) is 0. The Bertz CT molecular complexity index is 1500. The first kappa shape index (κ1) is 78.8. The topological polar surface area (TPSA) is 78.9 Å². The van der Waals surface area contributed by atoms with E-state index in [1.54, 1.807) is 0 Å². The van der Waals surface area contributed by atoms with Crippen molar-refractivity contribution in [3.63, 3.8) is 0 Å². The molecule has 0 radical (unpaired) electrons. The van der Waals surface area contributed by atoms with Gasteiger partial charge in [-0.05, 0) is 89.9 Å². The van der Waals surface area contributed by atoms with E-state index in [1.165, 1.54) is 244 Å². The lowest BCUT2D eigenvalue weighted by atomic mass is 10.0. The highest BCUT2D eigenvalue weighted by Gasteiger charge is 2.19. The Morgan fingerprint density at radius 1 is 0.256 bits per heavy atom. The van der Waals surface area contributed by atoms with Gasteiger partial charge in [-0.25, -0.2) is 0 Å². The molecule has 476 valence electrons. The molecule has 1 atom stereocenters. The number of rotatable bonds is 66. The van der Waals surface area contributed by atoms with Crippen molar-refractivity contribution in [3.05, 3.63) is 72.9 Å². The van der Waals surface area contributed by atoms with E-state index in [9.17, 15) is 14.4 Å². The molecule has 0 aliphatic carbocycles. The highest BCUT2D eigenvalue weighted by atomic mass is 16.6. The summed E-state index contributed by atoms with van der Waals surface area (Å²) in [6.45, 7) is 6.54. The minimum absolute atomic E-state index is 0.0835. The van der Waals surface area contributed by atoms with Crippen LogP contribution in [0.3, 0.4) is 0 Å². The summed E-state index contributed by atoms with van der Waals surface area (Å²) in [5, 5.41) is 0. The largest absolute Gasteiger partial charge is 0.462 e. The van der Waals surface area contributed by atoms with E-state index in [0.29, 0.717) is 19.3 Å². The third-order valence-electron chi connectivity index (χ3n) is 15.9. The first-order valence-corrected chi connectivity index (χ1v) is 35.9. The van der Waals surface area contributed by atoms with Gasteiger partial charge in [0.05, 0.1) is 0 Å². The monoisotopic (exact) mass is 1150 g/mol. The molecule has 0 aromatic carbocycles. The van der Waals surface area contributed by atoms with Gasteiger partial charge in [-0.2, -0.15) is 0 Å². The first-order chi connectivity index (χ1) is 40.5. The fraction of sp³-hybridized carbons (Fsp3) is 0.803. The van der Waals surface area contributed by atoms with Crippen molar-refractivity contribution >= 4 is 17.9 Å². The Morgan fingerprint density at radius 2 is 0.476 bits per heavy atom. The highest BCUT2D eigenvalue weighted by molar-refractivity contribution is 5.71. The first-order valence-electron chi connectivity index (χ1n) is 35.9. The normalized spacial score (nSPS) is 12.5. The number of unbranched alkanes of at least 4 members (excludes halogenated alkanes) is 43. The van der Waals surface area contributed by atoms with Crippen LogP contribution in [0.25, 0.3) is 0 Å². The second-order valence-electron chi connectivity index (χ2n) is 24.1. The van der Waals surface area contributed by atoms with Crippen LogP contribution in [0.1, 0.15) is 374 Å². The molecule has 0 N–H and O–H groups in total. The maximum atomic E-state index is 12.9. The molecule has 0 aliphatic heterocycles. The lowest BCUT2D eigenvalue weighted by molar-refractivity contribution is -0.167. The quantitative estimate of drug-likeness (QED) is 0.0261. The molecule has 0 aliphatic rings. The van der Waals surface area contributed by atoms with Crippen LogP contribution in [0.2, 0.25) is 0 Å². The molecule has 0 heterocycles. The molecular weight excluding hydrogens is 1010 g/mol. The van der Waals surface area contributed by atoms with E-state index in [4.69, 9.17) is 14.2 Å². The zero-order valence-corrected chi connectivity index (χ0v) is 54.8. The van der Waals surface area contributed by atoms with Gasteiger partial charge in [0, 0.05) is 19.3 Å². The molecular formula is C76H136O6. The summed E-state index contributed by atoms with van der Waals surface area (Å²) in [5.41, 5.74) is 0. The molecule has 0 saturated heterocycles. The average Bonchev–Trinajstić information content (AvgIpc) is 3.47. The number of carbonyl (C=O) groups is 3. The van der Waals surface area contributed by atoms with Crippen molar-refractivity contribution in [1.82, 2.24) is 0 Å². The SMILES string of the molecule is CC/C=C\C/C=C\C/C=C\C/C=C\CCCCC(=O)OCC(COC(=O)CCCCCCCCCCCCCCCCCCCCCCC/C=C\C/C=C\CCCCCCC)OC(=O)CCCCCCCCCCCCCCCCCC. The third kappa shape index (κ3) is 67.6. The molecule has 0 saturated carbocycles. The van der Waals surface area contributed by atoms with Gasteiger partial charge in [0.25, 0.3) is 0 Å². The third-order valence-corrected chi connectivity index (χ3v) is 15.9. The molecule has 0 amide bonds. The number of allylic oxidation sites excluding steroid dienone is 12. The Balaban J connectivity index is 4.16. The van der Waals surface area contributed by atoms with E-state index in [1.807, 2.05) is 0 Å². The zero-order valence-electron chi connectivity index (χ0n) is 54.8. The minimum Gasteiger partial charge on any atom is -0.462 e. The summed E-state index contributed by atoms with van der Waals surface area (Å²) in [6.07, 6.45) is 92.4. The van der Waals surface area contributed by atoms with E-state index in [-0.39, 0.29) is 31.1 Å². The van der Waals surface area contributed by atoms with Crippen LogP contribution in [0, 0.1) is 0 Å². The van der Waals surface area contributed by atoms with Gasteiger partial charge in [-0.3, -0.25) is 14.4 Å². The summed E-state index contributed by atoms with van der Waals surface area (Å²) >= 11 is 0. The second kappa shape index (κ2) is 70.3. The lowest BCUT2D eigenvalue weighted by Gasteiger charge is -2.18. The van der Waals surface area contributed by atoms with Crippen molar-refractivity contribution < 1.29 is 28.6 Å². The summed E-state index contributed by atoms with van der Waals surface area (Å²) < 4.78 is 16.9. The average molecular weight is 1150 g/mol. The molecule has 6 heteroatoms. The fourth-order valence-electron chi connectivity index (χ4n) is 10.6. The molecule has 0 aromatic heterocycles. The molecule has 0 spiro atoms. The van der Waals surface area contributed by atoms with Crippen LogP contribution >= 0.6 is 0 Å². The van der Waals surface area contributed by atoms with Crippen LogP contribution < -0.4 is 0 Å². The van der Waals surface area contributed by atoms with Crippen molar-refractivity contribution in [2.24, 2.45) is 0 Å². The molecule has 82 heavy (non-hydrogen) atoms. The number of hydrogen-bond acceptors (Lipinski definition) is 6. The van der Waals surface area contributed by atoms with Crippen LogP contribution in [0.4, 0.5) is 0 Å². The van der Waals surface area contributed by atoms with Crippen molar-refractivity contribution in [2.75, 3.05) is 13.2 Å². The lowest BCUT2D eigenvalue weighted by Crippen LogP contribution is -2.30. The van der Waals surface area contributed by atoms with E-state index < -0.39 is 6.10 Å². The van der Waals surface area contributed by atoms with E-state index in [0.717, 1.165) is 89.9 Å². The van der Waals surface area contributed by atoms with Gasteiger partial charge in [0.15, 0.2) is 6.10 Å². The Labute approximate surface area is 510 Å². The molecule has 0 bridgehead atoms. The Morgan fingerprint density at radius 3 is 0.768 bits per heavy atom. The second-order valence-corrected chi connectivity index (χ2v) is 24.1. The van der Waals surface area contributed by atoms with Crippen molar-refractivity contribution in [3.8, 4) is 0 Å². The van der Waals surface area contributed by atoms with Crippen molar-refractivity contribution in [1.29, 1.82) is 0 Å². The number of ether oxygens (including phenoxy) is 3. The summed E-state index contributed by atoms with van der Waals surface area (Å²) in [5.74, 6) is -0.904. The van der Waals surface area contributed by atoms with Gasteiger partial charge in [-0.15, -0.1) is 0 Å². The van der Waals surface area contributed by atoms with Gasteiger partial charge in [0.1, 0.15) is 13.2 Å². The maximum absolute atomic E-state index is 12.9. The zero-order chi connectivity index (χ0) is 59.2. The standard InChI is InChI=1S/C76H136O6/c1-4-7-10-13-16-19-22-25-28-30-31-32-33-34-35-36-37-38-39-40-41-42-43-44-45-46-49-51-54-57-60-63-66-69-75(78)81-72-73(71-80-74(77)68-65-62-59-56-53-50-47-27-24-21-18-15-12-9-6-3)82-76(79)70-67-64-61-58-55-52-48-29-26-23-20-17-14-11-8-5-2/h9,12,18,21-22,25,27,30-31,47,53,56,73H,4-8,10-11,13-17,19-20,23-24,26,28-29,32-46,48-52,54-55,57-72H2,1-3H3/b12-9-,21-18-,25-22-,31-30-,47-27-,56-53-. The summed E-state index contributed by atoms with van der Waals surface area (Å²) in [4.78, 5) is 38.4. The van der Waals surface area contributed by atoms with E-state index in [2.05, 4.69) is 93.7 Å². The predicted molar refractivity (Wildman–Crippen MR) is 358 cm³/mol. The van der Waals surface area contributed by atoms with Crippen molar-refractivity contribution in [2.45, 2.75) is 380 Å². The number of esters is 3. The molecule has 0 fully saturated rings. The molecule has 6 nitrogen and oxygen atoms in total. The minimum atomic E-state index is -0.790. The molecule has 0 rings (SSSR count). The maximum Gasteiger partial charge on any atom is 0.306 e.